The summed E-state index contributed by atoms with van der Waals surface area (Å²) in [7, 11) is 3.72. The maximum absolute atomic E-state index is 12.5. The van der Waals surface area contributed by atoms with E-state index in [-0.39, 0.29) is 18.6 Å². The fourth-order valence-electron chi connectivity index (χ4n) is 4.28. The van der Waals surface area contributed by atoms with Crippen LogP contribution >= 0.6 is 0 Å². The van der Waals surface area contributed by atoms with Crippen LogP contribution < -0.4 is 19.7 Å². The predicted octanol–water partition coefficient (Wildman–Crippen LogP) is 2.26. The number of morpholine rings is 1. The minimum atomic E-state index is -0.148. The number of benzene rings is 2. The molecule has 1 fully saturated rings. The maximum atomic E-state index is 12.5. The number of fused-ring (bicyclic) bond motifs is 1. The predicted molar refractivity (Wildman–Crippen MR) is 120 cm³/mol. The fourth-order valence-corrected chi connectivity index (χ4v) is 4.28. The highest BCUT2D eigenvalue weighted by atomic mass is 16.5. The normalized spacial score (nSPS) is 17.2. The highest BCUT2D eigenvalue weighted by Crippen LogP contribution is 2.31. The third kappa shape index (κ3) is 5.11. The summed E-state index contributed by atoms with van der Waals surface area (Å²) in [4.78, 5) is 17.2. The van der Waals surface area contributed by atoms with E-state index in [4.69, 9.17) is 14.2 Å². The molecule has 1 amide bonds. The van der Waals surface area contributed by atoms with Gasteiger partial charge in [0.25, 0.3) is 5.91 Å². The van der Waals surface area contributed by atoms with Gasteiger partial charge in [0.2, 0.25) is 0 Å². The zero-order valence-electron chi connectivity index (χ0n) is 18.3. The van der Waals surface area contributed by atoms with Crippen LogP contribution in [0, 0.1) is 0 Å². The van der Waals surface area contributed by atoms with E-state index in [1.54, 1.807) is 13.2 Å². The lowest BCUT2D eigenvalue weighted by Crippen LogP contribution is -2.44. The summed E-state index contributed by atoms with van der Waals surface area (Å²) in [6.45, 7) is 4.68. The van der Waals surface area contributed by atoms with Crippen molar-refractivity contribution in [2.75, 3.05) is 65.1 Å². The van der Waals surface area contributed by atoms with E-state index in [1.807, 2.05) is 18.2 Å². The number of carbonyl (C=O) groups is 1. The number of hydrogen-bond acceptors (Lipinski definition) is 6. The van der Waals surface area contributed by atoms with Crippen molar-refractivity contribution in [3.05, 3.63) is 53.6 Å². The molecule has 2 aromatic carbocycles. The van der Waals surface area contributed by atoms with Crippen molar-refractivity contribution in [3.8, 4) is 11.5 Å². The van der Waals surface area contributed by atoms with Gasteiger partial charge in [-0.2, -0.15) is 0 Å². The molecule has 2 aliphatic rings. The van der Waals surface area contributed by atoms with E-state index in [9.17, 15) is 4.79 Å². The molecule has 0 bridgehead atoms. The molecule has 7 heteroatoms. The molecule has 7 nitrogen and oxygen atoms in total. The summed E-state index contributed by atoms with van der Waals surface area (Å²) in [6.07, 6.45) is 1.06. The monoisotopic (exact) mass is 425 g/mol. The molecule has 0 aromatic heterocycles. The smallest absolute Gasteiger partial charge is 0.258 e. The molecular formula is C24H31N3O4. The summed E-state index contributed by atoms with van der Waals surface area (Å²) >= 11 is 0. The number of para-hydroxylation sites is 2. The Morgan fingerprint density at radius 3 is 2.68 bits per heavy atom. The van der Waals surface area contributed by atoms with E-state index in [0.717, 1.165) is 39.3 Å². The molecule has 1 N–H and O–H groups in total. The van der Waals surface area contributed by atoms with Crippen LogP contribution in [-0.2, 0) is 16.0 Å². The second-order valence-electron chi connectivity index (χ2n) is 7.97. The number of nitrogens with zero attached hydrogens (tertiary/aromatic N) is 2. The van der Waals surface area contributed by atoms with Gasteiger partial charge in [-0.3, -0.25) is 9.69 Å². The Labute approximate surface area is 183 Å². The van der Waals surface area contributed by atoms with E-state index in [2.05, 4.69) is 40.4 Å². The standard InChI is InChI=1S/C24H31N3O4/c1-26-10-9-19-15-18(7-8-20(19)26)21(27-11-13-30-14-12-27)16-25-24(28)17-31-23-6-4-3-5-22(23)29-2/h3-8,15,21H,9-14,16-17H2,1-2H3,(H,25,28)/t21-/m0/s1. The van der Waals surface area contributed by atoms with E-state index in [0.29, 0.717) is 18.0 Å². The highest BCUT2D eigenvalue weighted by molar-refractivity contribution is 5.77. The molecular weight excluding hydrogens is 394 g/mol. The van der Waals surface area contributed by atoms with Crippen molar-refractivity contribution >= 4 is 11.6 Å². The number of carbonyl (C=O) groups excluding carboxylic acids is 1. The molecule has 2 aromatic rings. The number of methoxy groups -OCH3 is 1. The van der Waals surface area contributed by atoms with Gasteiger partial charge in [-0.05, 0) is 35.7 Å². The molecule has 1 saturated heterocycles. The van der Waals surface area contributed by atoms with Gasteiger partial charge in [0, 0.05) is 38.9 Å². The Balaban J connectivity index is 1.41. The first-order valence-corrected chi connectivity index (χ1v) is 10.8. The largest absolute Gasteiger partial charge is 0.493 e. The van der Waals surface area contributed by atoms with Gasteiger partial charge in [-0.1, -0.05) is 24.3 Å². The van der Waals surface area contributed by atoms with Gasteiger partial charge in [0.1, 0.15) is 0 Å². The maximum Gasteiger partial charge on any atom is 0.258 e. The van der Waals surface area contributed by atoms with Crippen LogP contribution in [0.5, 0.6) is 11.5 Å². The minimum Gasteiger partial charge on any atom is -0.493 e. The third-order valence-corrected chi connectivity index (χ3v) is 6.02. The SMILES string of the molecule is COc1ccccc1OCC(=O)NC[C@@H](c1ccc2c(c1)CCN2C)N1CCOCC1. The van der Waals surface area contributed by atoms with Crippen molar-refractivity contribution in [2.45, 2.75) is 12.5 Å². The second-order valence-corrected chi connectivity index (χ2v) is 7.97. The second kappa shape index (κ2) is 10.0. The Kier molecular flexibility index (Phi) is 6.94. The van der Waals surface area contributed by atoms with Crippen molar-refractivity contribution < 1.29 is 19.0 Å². The molecule has 0 radical (unpaired) electrons. The summed E-state index contributed by atoms with van der Waals surface area (Å²) in [5.41, 5.74) is 3.92. The van der Waals surface area contributed by atoms with Gasteiger partial charge in [0.15, 0.2) is 18.1 Å². The summed E-state index contributed by atoms with van der Waals surface area (Å²) in [5, 5.41) is 3.07. The van der Waals surface area contributed by atoms with E-state index >= 15 is 0 Å². The zero-order valence-corrected chi connectivity index (χ0v) is 18.3. The molecule has 0 unspecified atom stereocenters. The third-order valence-electron chi connectivity index (χ3n) is 6.02. The quantitative estimate of drug-likeness (QED) is 0.700. The Bertz CT molecular complexity index is 898. The fraction of sp³-hybridized carbons (Fsp3) is 0.458. The molecule has 4 rings (SSSR count). The zero-order chi connectivity index (χ0) is 21.6. The first-order valence-electron chi connectivity index (χ1n) is 10.8. The van der Waals surface area contributed by atoms with E-state index in [1.165, 1.54) is 16.8 Å². The first-order chi connectivity index (χ1) is 15.2. The lowest BCUT2D eigenvalue weighted by molar-refractivity contribution is -0.123. The number of amides is 1. The molecule has 0 aliphatic carbocycles. The number of rotatable bonds is 8. The summed E-state index contributed by atoms with van der Waals surface area (Å²) in [6, 6.07) is 14.1. The molecule has 2 aliphatic heterocycles. The average molecular weight is 426 g/mol. The van der Waals surface area contributed by atoms with Crippen LogP contribution in [0.1, 0.15) is 17.2 Å². The Hall–Kier alpha value is -2.77. The Morgan fingerprint density at radius 2 is 1.90 bits per heavy atom. The van der Waals surface area contributed by atoms with Gasteiger partial charge >= 0.3 is 0 Å². The van der Waals surface area contributed by atoms with Gasteiger partial charge in [0.05, 0.1) is 26.4 Å². The van der Waals surface area contributed by atoms with Crippen LogP contribution in [0.3, 0.4) is 0 Å². The van der Waals surface area contributed by atoms with Gasteiger partial charge in [-0.15, -0.1) is 0 Å². The van der Waals surface area contributed by atoms with Crippen LogP contribution in [-0.4, -0.2) is 71.0 Å². The number of ether oxygens (including phenoxy) is 3. The molecule has 166 valence electrons. The van der Waals surface area contributed by atoms with Crippen LogP contribution in [0.2, 0.25) is 0 Å². The van der Waals surface area contributed by atoms with E-state index < -0.39 is 0 Å². The summed E-state index contributed by atoms with van der Waals surface area (Å²) in [5.74, 6) is 1.03. The van der Waals surface area contributed by atoms with Crippen molar-refractivity contribution in [1.29, 1.82) is 0 Å². The Morgan fingerprint density at radius 1 is 1.13 bits per heavy atom. The molecule has 0 saturated carbocycles. The van der Waals surface area contributed by atoms with Crippen molar-refractivity contribution in [1.82, 2.24) is 10.2 Å². The van der Waals surface area contributed by atoms with Crippen LogP contribution in [0.25, 0.3) is 0 Å². The minimum absolute atomic E-state index is 0.0504. The lowest BCUT2D eigenvalue weighted by Gasteiger charge is -2.35. The van der Waals surface area contributed by atoms with Crippen LogP contribution in [0.15, 0.2) is 42.5 Å². The number of hydrogen-bond donors (Lipinski definition) is 1. The lowest BCUT2D eigenvalue weighted by atomic mass is 10.0. The van der Waals surface area contributed by atoms with Gasteiger partial charge < -0.3 is 24.4 Å². The van der Waals surface area contributed by atoms with Crippen molar-refractivity contribution in [2.24, 2.45) is 0 Å². The topological polar surface area (TPSA) is 63.3 Å². The molecule has 1 atom stereocenters. The summed E-state index contributed by atoms with van der Waals surface area (Å²) < 4.78 is 16.5. The number of nitrogens with one attached hydrogen (secondary N) is 1. The molecule has 0 spiro atoms. The molecule has 2 heterocycles. The first kappa shape index (κ1) is 21.5. The molecule has 31 heavy (non-hydrogen) atoms. The van der Waals surface area contributed by atoms with Crippen LogP contribution in [0.4, 0.5) is 5.69 Å². The number of anilines is 1. The van der Waals surface area contributed by atoms with Gasteiger partial charge in [-0.25, -0.2) is 0 Å². The van der Waals surface area contributed by atoms with Crippen molar-refractivity contribution in [3.63, 3.8) is 0 Å². The highest BCUT2D eigenvalue weighted by Gasteiger charge is 2.25. The number of likely N-dealkylation sites (N-methyl/N-ethyl adjacent to an activating group) is 1. The average Bonchev–Trinajstić information content (AvgIpc) is 3.19.